The molecular weight excluding hydrogens is 352 g/mol. The molecule has 0 aromatic carbocycles. The average molecular weight is 387 g/mol. The van der Waals surface area contributed by atoms with Gasteiger partial charge in [0.05, 0.1) is 13.2 Å². The number of ether oxygens (including phenoxy) is 3. The molecule has 0 aromatic heterocycles. The van der Waals surface area contributed by atoms with Crippen LogP contribution in [0.4, 0.5) is 0 Å². The van der Waals surface area contributed by atoms with Gasteiger partial charge in [0.25, 0.3) is 0 Å². The molecule has 4 heteroatoms. The summed E-state index contributed by atoms with van der Waals surface area (Å²) in [6.07, 6.45) is 11.1. The van der Waals surface area contributed by atoms with E-state index in [0.29, 0.717) is 17.6 Å². The second kappa shape index (κ2) is 6.52. The lowest BCUT2D eigenvalue weighted by atomic mass is 9.53. The SMILES string of the molecule is COCC(=O)[C@@]1(C)CCC2C3CCC4=C(CCC5(C4)OCCO5)C3=CC[C@@]21C. The summed E-state index contributed by atoms with van der Waals surface area (Å²) in [6, 6.07) is 0. The van der Waals surface area contributed by atoms with Gasteiger partial charge in [-0.2, -0.15) is 0 Å². The molecule has 0 N–H and O–H groups in total. The number of ketones is 1. The second-order valence-electron chi connectivity index (χ2n) is 10.1. The maximum absolute atomic E-state index is 13.0. The van der Waals surface area contributed by atoms with E-state index in [1.54, 1.807) is 23.8 Å². The number of Topliss-reactive ketones (excluding diaryl/α,β-unsaturated/α-hetero) is 1. The van der Waals surface area contributed by atoms with Crippen LogP contribution in [0.2, 0.25) is 0 Å². The molecule has 1 heterocycles. The minimum absolute atomic E-state index is 0.0579. The maximum Gasteiger partial charge on any atom is 0.172 e. The van der Waals surface area contributed by atoms with Gasteiger partial charge in [0, 0.05) is 25.4 Å². The molecule has 4 atom stereocenters. The largest absolute Gasteiger partial charge is 0.377 e. The van der Waals surface area contributed by atoms with E-state index in [1.807, 2.05) is 0 Å². The van der Waals surface area contributed by atoms with Crippen LogP contribution >= 0.6 is 0 Å². The second-order valence-corrected chi connectivity index (χ2v) is 10.1. The quantitative estimate of drug-likeness (QED) is 0.712. The third kappa shape index (κ3) is 2.50. The standard InChI is InChI=1S/C24H34O4/c1-22-9-6-18-17-7-11-24(27-12-13-28-24)14-16(17)4-5-19(18)20(22)8-10-23(22,2)21(25)15-26-3/h6,19-20H,4-5,7-15H2,1-3H3/t19?,20?,22-,23+/m0/s1. The first-order valence-corrected chi connectivity index (χ1v) is 11.1. The Morgan fingerprint density at radius 2 is 1.96 bits per heavy atom. The molecule has 0 aromatic rings. The highest BCUT2D eigenvalue weighted by atomic mass is 16.7. The predicted molar refractivity (Wildman–Crippen MR) is 107 cm³/mol. The molecule has 4 aliphatic carbocycles. The van der Waals surface area contributed by atoms with Crippen LogP contribution in [0.1, 0.15) is 65.2 Å². The average Bonchev–Trinajstić information content (AvgIpc) is 3.24. The van der Waals surface area contributed by atoms with E-state index in [4.69, 9.17) is 14.2 Å². The molecule has 1 spiro atoms. The van der Waals surface area contributed by atoms with E-state index in [9.17, 15) is 4.79 Å². The van der Waals surface area contributed by atoms with Gasteiger partial charge < -0.3 is 14.2 Å². The van der Waals surface area contributed by atoms with Crippen LogP contribution in [0.5, 0.6) is 0 Å². The molecule has 1 aliphatic heterocycles. The Hall–Kier alpha value is -0.970. The van der Waals surface area contributed by atoms with Crippen molar-refractivity contribution in [3.8, 4) is 0 Å². The van der Waals surface area contributed by atoms with Crippen molar-refractivity contribution in [3.63, 3.8) is 0 Å². The van der Waals surface area contributed by atoms with Crippen molar-refractivity contribution in [1.29, 1.82) is 0 Å². The zero-order chi connectivity index (χ0) is 19.6. The molecule has 2 unspecified atom stereocenters. The van der Waals surface area contributed by atoms with Gasteiger partial charge in [0.15, 0.2) is 11.6 Å². The first kappa shape index (κ1) is 19.0. The Labute approximate surface area is 168 Å². The molecule has 5 aliphatic rings. The van der Waals surface area contributed by atoms with Gasteiger partial charge >= 0.3 is 0 Å². The van der Waals surface area contributed by atoms with Gasteiger partial charge in [-0.3, -0.25) is 4.79 Å². The highest BCUT2D eigenvalue weighted by Crippen LogP contribution is 2.66. The van der Waals surface area contributed by atoms with Crippen LogP contribution in [-0.4, -0.2) is 38.5 Å². The van der Waals surface area contributed by atoms with Crippen molar-refractivity contribution in [1.82, 2.24) is 0 Å². The first-order valence-electron chi connectivity index (χ1n) is 11.1. The first-order chi connectivity index (χ1) is 13.4. The minimum atomic E-state index is -0.325. The Morgan fingerprint density at radius 3 is 2.71 bits per heavy atom. The third-order valence-electron chi connectivity index (χ3n) is 9.14. The molecule has 28 heavy (non-hydrogen) atoms. The molecule has 5 rings (SSSR count). The van der Waals surface area contributed by atoms with Crippen molar-refractivity contribution in [2.75, 3.05) is 26.9 Å². The van der Waals surface area contributed by atoms with E-state index in [0.717, 1.165) is 45.3 Å². The number of allylic oxidation sites excluding steroid dienone is 3. The smallest absolute Gasteiger partial charge is 0.172 e. The third-order valence-corrected chi connectivity index (χ3v) is 9.14. The molecule has 4 nitrogen and oxygen atoms in total. The lowest BCUT2D eigenvalue weighted by Crippen LogP contribution is -2.48. The Morgan fingerprint density at radius 1 is 1.18 bits per heavy atom. The van der Waals surface area contributed by atoms with Crippen LogP contribution < -0.4 is 0 Å². The molecule has 0 radical (unpaired) electrons. The fourth-order valence-electron chi connectivity index (χ4n) is 7.29. The fourth-order valence-corrected chi connectivity index (χ4v) is 7.29. The van der Waals surface area contributed by atoms with Gasteiger partial charge in [-0.1, -0.05) is 25.5 Å². The summed E-state index contributed by atoms with van der Waals surface area (Å²) < 4.78 is 17.2. The summed E-state index contributed by atoms with van der Waals surface area (Å²) >= 11 is 0. The number of hydrogen-bond donors (Lipinski definition) is 0. The van der Waals surface area contributed by atoms with Crippen molar-refractivity contribution >= 4 is 5.78 Å². The lowest BCUT2D eigenvalue weighted by Gasteiger charge is -2.51. The number of carbonyl (C=O) groups excluding carboxylic acids is 1. The van der Waals surface area contributed by atoms with Crippen LogP contribution in [-0.2, 0) is 19.0 Å². The van der Waals surface area contributed by atoms with Gasteiger partial charge in [0.2, 0.25) is 0 Å². The molecule has 154 valence electrons. The van der Waals surface area contributed by atoms with E-state index in [2.05, 4.69) is 19.9 Å². The summed E-state index contributed by atoms with van der Waals surface area (Å²) in [5.74, 6) is 1.20. The van der Waals surface area contributed by atoms with E-state index in [-0.39, 0.29) is 23.2 Å². The number of rotatable bonds is 3. The number of methoxy groups -OCH3 is 1. The van der Waals surface area contributed by atoms with Crippen LogP contribution in [0.15, 0.2) is 22.8 Å². The number of fused-ring (bicyclic) bond motifs is 4. The molecular formula is C24H34O4. The van der Waals surface area contributed by atoms with Gasteiger partial charge in [-0.25, -0.2) is 0 Å². The normalized spacial score (nSPS) is 41.5. The molecule has 1 saturated heterocycles. The molecule has 1 saturated carbocycles. The summed E-state index contributed by atoms with van der Waals surface area (Å²) in [5.41, 5.74) is 4.60. The highest BCUT2D eigenvalue weighted by Gasteiger charge is 2.61. The van der Waals surface area contributed by atoms with Crippen LogP contribution in [0, 0.1) is 22.7 Å². The van der Waals surface area contributed by atoms with Crippen LogP contribution in [0.25, 0.3) is 0 Å². The van der Waals surface area contributed by atoms with Gasteiger partial charge in [-0.15, -0.1) is 0 Å². The molecule has 0 amide bonds. The van der Waals surface area contributed by atoms with E-state index >= 15 is 0 Å². The minimum Gasteiger partial charge on any atom is -0.377 e. The van der Waals surface area contributed by atoms with Crippen molar-refractivity contribution in [3.05, 3.63) is 22.8 Å². The Bertz CT molecular complexity index is 744. The number of hydrogen-bond acceptors (Lipinski definition) is 4. The van der Waals surface area contributed by atoms with Crippen LogP contribution in [0.3, 0.4) is 0 Å². The monoisotopic (exact) mass is 386 g/mol. The van der Waals surface area contributed by atoms with Gasteiger partial charge in [-0.05, 0) is 66.9 Å². The van der Waals surface area contributed by atoms with Gasteiger partial charge in [0.1, 0.15) is 6.61 Å². The van der Waals surface area contributed by atoms with E-state index in [1.165, 1.54) is 19.3 Å². The highest BCUT2D eigenvalue weighted by molar-refractivity contribution is 5.87. The number of carbonyl (C=O) groups is 1. The predicted octanol–water partition coefficient (Wildman–Crippen LogP) is 4.59. The Kier molecular flexibility index (Phi) is 4.43. The summed E-state index contributed by atoms with van der Waals surface area (Å²) in [4.78, 5) is 13.0. The zero-order valence-corrected chi connectivity index (χ0v) is 17.6. The summed E-state index contributed by atoms with van der Waals surface area (Å²) in [6.45, 7) is 6.31. The summed E-state index contributed by atoms with van der Waals surface area (Å²) in [5, 5.41) is 0. The summed E-state index contributed by atoms with van der Waals surface area (Å²) in [7, 11) is 1.64. The lowest BCUT2D eigenvalue weighted by molar-refractivity contribution is -0.164. The maximum atomic E-state index is 13.0. The Balaban J connectivity index is 1.45. The van der Waals surface area contributed by atoms with Crippen molar-refractivity contribution in [2.45, 2.75) is 71.0 Å². The zero-order valence-electron chi connectivity index (χ0n) is 17.6. The van der Waals surface area contributed by atoms with Crippen molar-refractivity contribution < 1.29 is 19.0 Å². The molecule has 0 bridgehead atoms. The van der Waals surface area contributed by atoms with Crippen molar-refractivity contribution in [2.24, 2.45) is 22.7 Å². The topological polar surface area (TPSA) is 44.8 Å². The fraction of sp³-hybridized carbons (Fsp3) is 0.792. The van der Waals surface area contributed by atoms with E-state index < -0.39 is 0 Å². The molecule has 2 fully saturated rings.